The minimum absolute atomic E-state index is 0.151. The molecule has 0 aliphatic rings. The lowest BCUT2D eigenvalue weighted by Gasteiger charge is -2.10. The summed E-state index contributed by atoms with van der Waals surface area (Å²) in [4.78, 5) is 17.2. The topological polar surface area (TPSA) is 59.8 Å². The highest BCUT2D eigenvalue weighted by molar-refractivity contribution is 6.05. The van der Waals surface area contributed by atoms with Crippen molar-refractivity contribution < 1.29 is 9.18 Å². The van der Waals surface area contributed by atoms with E-state index in [1.54, 1.807) is 29.9 Å². The van der Waals surface area contributed by atoms with Gasteiger partial charge in [0.2, 0.25) is 0 Å². The van der Waals surface area contributed by atoms with Gasteiger partial charge in [-0.15, -0.1) is 0 Å². The first kappa shape index (κ1) is 17.1. The number of nitrogens with zero attached hydrogens (tertiary/aromatic N) is 3. The number of hydrogen-bond donors (Lipinski definition) is 1. The quantitative estimate of drug-likeness (QED) is 0.788. The van der Waals surface area contributed by atoms with E-state index in [4.69, 9.17) is 0 Å². The fourth-order valence-corrected chi connectivity index (χ4v) is 2.73. The Balaban J connectivity index is 1.88. The zero-order valence-electron chi connectivity index (χ0n) is 14.8. The molecule has 0 radical (unpaired) electrons. The predicted octanol–water partition coefficient (Wildman–Crippen LogP) is 3.70. The zero-order chi connectivity index (χ0) is 18.1. The molecule has 1 aromatic carbocycles. The first-order chi connectivity index (χ1) is 11.9. The van der Waals surface area contributed by atoms with Crippen LogP contribution in [0.15, 0.2) is 30.5 Å². The summed E-state index contributed by atoms with van der Waals surface area (Å²) in [5, 5.41) is 7.91. The van der Waals surface area contributed by atoms with Crippen LogP contribution in [-0.2, 0) is 6.54 Å². The van der Waals surface area contributed by atoms with Crippen LogP contribution in [0.2, 0.25) is 0 Å². The van der Waals surface area contributed by atoms with Crippen LogP contribution in [0.25, 0.3) is 11.0 Å². The third-order valence-electron chi connectivity index (χ3n) is 4.12. The van der Waals surface area contributed by atoms with Gasteiger partial charge < -0.3 is 5.32 Å². The SMILES string of the molecule is Cc1cc(C(=O)NCc2ccc(C)c(F)c2)c2cnn(C(C)C)c2n1. The average molecular weight is 340 g/mol. The van der Waals surface area contributed by atoms with Gasteiger partial charge in [-0.1, -0.05) is 12.1 Å². The molecule has 1 amide bonds. The van der Waals surface area contributed by atoms with Crippen molar-refractivity contribution in [2.45, 2.75) is 40.3 Å². The third-order valence-corrected chi connectivity index (χ3v) is 4.12. The molecular formula is C19H21FN4O. The van der Waals surface area contributed by atoms with Crippen LogP contribution in [0.4, 0.5) is 4.39 Å². The van der Waals surface area contributed by atoms with Crippen LogP contribution >= 0.6 is 0 Å². The van der Waals surface area contributed by atoms with Crippen molar-refractivity contribution in [3.63, 3.8) is 0 Å². The molecule has 2 heterocycles. The molecule has 0 saturated carbocycles. The summed E-state index contributed by atoms with van der Waals surface area (Å²) in [6.45, 7) is 7.85. The number of benzene rings is 1. The Labute approximate surface area is 145 Å². The lowest BCUT2D eigenvalue weighted by Crippen LogP contribution is -2.23. The summed E-state index contributed by atoms with van der Waals surface area (Å²) in [5.41, 5.74) is 3.28. The van der Waals surface area contributed by atoms with Crippen molar-refractivity contribution in [1.29, 1.82) is 0 Å². The predicted molar refractivity (Wildman–Crippen MR) is 95.0 cm³/mol. The molecule has 1 N–H and O–H groups in total. The summed E-state index contributed by atoms with van der Waals surface area (Å²) in [7, 11) is 0. The van der Waals surface area contributed by atoms with Crippen LogP contribution in [0.1, 0.15) is 47.1 Å². The van der Waals surface area contributed by atoms with E-state index in [1.165, 1.54) is 6.07 Å². The normalized spacial score (nSPS) is 11.3. The first-order valence-electron chi connectivity index (χ1n) is 8.25. The van der Waals surface area contributed by atoms with E-state index >= 15 is 0 Å². The highest BCUT2D eigenvalue weighted by Gasteiger charge is 2.16. The lowest BCUT2D eigenvalue weighted by atomic mass is 10.1. The van der Waals surface area contributed by atoms with E-state index in [9.17, 15) is 9.18 Å². The summed E-state index contributed by atoms with van der Waals surface area (Å²) in [5.74, 6) is -0.494. The lowest BCUT2D eigenvalue weighted by molar-refractivity contribution is 0.0952. The Morgan fingerprint density at radius 3 is 2.72 bits per heavy atom. The van der Waals surface area contributed by atoms with E-state index in [0.29, 0.717) is 22.2 Å². The smallest absolute Gasteiger partial charge is 0.252 e. The molecule has 6 heteroatoms. The highest BCUT2D eigenvalue weighted by Crippen LogP contribution is 2.21. The molecule has 0 unspecified atom stereocenters. The number of amides is 1. The van der Waals surface area contributed by atoms with Gasteiger partial charge in [0.1, 0.15) is 5.82 Å². The van der Waals surface area contributed by atoms with Gasteiger partial charge in [-0.25, -0.2) is 14.1 Å². The summed E-state index contributed by atoms with van der Waals surface area (Å²) in [6, 6.07) is 6.86. The van der Waals surface area contributed by atoms with Gasteiger partial charge in [-0.3, -0.25) is 4.79 Å². The summed E-state index contributed by atoms with van der Waals surface area (Å²) < 4.78 is 15.4. The monoisotopic (exact) mass is 340 g/mol. The van der Waals surface area contributed by atoms with Gasteiger partial charge in [0.15, 0.2) is 5.65 Å². The fraction of sp³-hybridized carbons (Fsp3) is 0.316. The van der Waals surface area contributed by atoms with Gasteiger partial charge in [-0.2, -0.15) is 5.10 Å². The van der Waals surface area contributed by atoms with Gasteiger partial charge in [-0.05, 0) is 51.0 Å². The van der Waals surface area contributed by atoms with E-state index in [1.807, 2.05) is 26.8 Å². The molecule has 3 aromatic rings. The van der Waals surface area contributed by atoms with Crippen molar-refractivity contribution in [1.82, 2.24) is 20.1 Å². The van der Waals surface area contributed by atoms with Crippen molar-refractivity contribution in [3.8, 4) is 0 Å². The Kier molecular flexibility index (Phi) is 4.53. The number of carbonyl (C=O) groups excluding carboxylic acids is 1. The zero-order valence-corrected chi connectivity index (χ0v) is 14.8. The Bertz CT molecular complexity index is 946. The van der Waals surface area contributed by atoms with Gasteiger partial charge in [0.25, 0.3) is 5.91 Å². The summed E-state index contributed by atoms with van der Waals surface area (Å²) >= 11 is 0. The molecule has 0 atom stereocenters. The van der Waals surface area contributed by atoms with Gasteiger partial charge in [0.05, 0.1) is 17.1 Å². The number of fused-ring (bicyclic) bond motifs is 1. The number of rotatable bonds is 4. The van der Waals surface area contributed by atoms with Crippen LogP contribution in [0.3, 0.4) is 0 Å². The second-order valence-corrected chi connectivity index (χ2v) is 6.50. The largest absolute Gasteiger partial charge is 0.348 e. The number of carbonyl (C=O) groups is 1. The molecule has 5 nitrogen and oxygen atoms in total. The van der Waals surface area contributed by atoms with Crippen molar-refractivity contribution in [3.05, 3.63) is 58.7 Å². The molecule has 2 aromatic heterocycles. The average Bonchev–Trinajstić information content (AvgIpc) is 2.98. The Morgan fingerprint density at radius 2 is 2.04 bits per heavy atom. The van der Waals surface area contributed by atoms with Gasteiger partial charge in [0, 0.05) is 18.3 Å². The molecule has 3 rings (SSSR count). The minimum atomic E-state index is -0.271. The molecule has 0 aliphatic carbocycles. The maximum absolute atomic E-state index is 13.6. The number of hydrogen-bond acceptors (Lipinski definition) is 3. The maximum atomic E-state index is 13.6. The van der Waals surface area contributed by atoms with E-state index < -0.39 is 0 Å². The van der Waals surface area contributed by atoms with Crippen LogP contribution in [0.5, 0.6) is 0 Å². The molecule has 0 fully saturated rings. The number of halogens is 1. The third kappa shape index (κ3) is 3.38. The van der Waals surface area contributed by atoms with Crippen molar-refractivity contribution in [2.75, 3.05) is 0 Å². The standard InChI is InChI=1S/C19H21FN4O/c1-11(2)24-18-16(10-22-24)15(7-13(4)23-18)19(25)21-9-14-6-5-12(3)17(20)8-14/h5-8,10-11H,9H2,1-4H3,(H,21,25). The van der Waals surface area contributed by atoms with Crippen LogP contribution < -0.4 is 5.32 Å². The number of nitrogens with one attached hydrogen (secondary N) is 1. The number of aryl methyl sites for hydroxylation is 2. The maximum Gasteiger partial charge on any atom is 0.252 e. The minimum Gasteiger partial charge on any atom is -0.348 e. The summed E-state index contributed by atoms with van der Waals surface area (Å²) in [6.07, 6.45) is 1.67. The molecule has 0 aliphatic heterocycles. The molecular weight excluding hydrogens is 319 g/mol. The molecule has 130 valence electrons. The fourth-order valence-electron chi connectivity index (χ4n) is 2.73. The van der Waals surface area contributed by atoms with Gasteiger partial charge >= 0.3 is 0 Å². The second kappa shape index (κ2) is 6.63. The second-order valence-electron chi connectivity index (χ2n) is 6.50. The first-order valence-corrected chi connectivity index (χ1v) is 8.25. The Morgan fingerprint density at radius 1 is 1.28 bits per heavy atom. The van der Waals surface area contributed by atoms with Crippen LogP contribution in [-0.4, -0.2) is 20.7 Å². The van der Waals surface area contributed by atoms with E-state index in [0.717, 1.165) is 11.3 Å². The highest BCUT2D eigenvalue weighted by atomic mass is 19.1. The van der Waals surface area contributed by atoms with Crippen molar-refractivity contribution >= 4 is 16.9 Å². The number of pyridine rings is 1. The Hall–Kier alpha value is -2.76. The number of aromatic nitrogens is 3. The molecule has 25 heavy (non-hydrogen) atoms. The van der Waals surface area contributed by atoms with Crippen LogP contribution in [0, 0.1) is 19.7 Å². The van der Waals surface area contributed by atoms with E-state index in [2.05, 4.69) is 15.4 Å². The van der Waals surface area contributed by atoms with Crippen molar-refractivity contribution in [2.24, 2.45) is 0 Å². The molecule has 0 bridgehead atoms. The molecule has 0 spiro atoms. The van der Waals surface area contributed by atoms with E-state index in [-0.39, 0.29) is 24.3 Å². The molecule has 0 saturated heterocycles.